The summed E-state index contributed by atoms with van der Waals surface area (Å²) in [6.07, 6.45) is 5.04. The third-order valence-corrected chi connectivity index (χ3v) is 11.7. The van der Waals surface area contributed by atoms with Crippen LogP contribution in [-0.4, -0.2) is 85.0 Å². The summed E-state index contributed by atoms with van der Waals surface area (Å²) in [7, 11) is 3.96. The number of ether oxygens (including phenoxy) is 2. The molecule has 0 radical (unpaired) electrons. The first-order valence-corrected chi connectivity index (χ1v) is 18.3. The van der Waals surface area contributed by atoms with Gasteiger partial charge in [-0.25, -0.2) is 0 Å². The van der Waals surface area contributed by atoms with E-state index in [0.717, 1.165) is 37.9 Å². The summed E-state index contributed by atoms with van der Waals surface area (Å²) in [6.45, 7) is 31.5. The second-order valence-corrected chi connectivity index (χ2v) is 18.9. The van der Waals surface area contributed by atoms with Crippen LogP contribution in [0.2, 0.25) is 0 Å². The summed E-state index contributed by atoms with van der Waals surface area (Å²) in [5, 5.41) is 13.1. The molecule has 1 amide bonds. The summed E-state index contributed by atoms with van der Waals surface area (Å²) in [6, 6.07) is 0. The van der Waals surface area contributed by atoms with Crippen LogP contribution in [0.1, 0.15) is 122 Å². The summed E-state index contributed by atoms with van der Waals surface area (Å²) in [4.78, 5) is 26.8. The molecule has 0 aromatic carbocycles. The van der Waals surface area contributed by atoms with Gasteiger partial charge >= 0.3 is 5.97 Å². The van der Waals surface area contributed by atoms with Crippen molar-refractivity contribution in [1.82, 2.24) is 5.32 Å². The fourth-order valence-corrected chi connectivity index (χ4v) is 7.69. The van der Waals surface area contributed by atoms with Gasteiger partial charge in [-0.1, -0.05) is 82.2 Å². The molecule has 46 heavy (non-hydrogen) atoms. The van der Waals surface area contributed by atoms with Crippen LogP contribution in [0.5, 0.6) is 0 Å². The highest BCUT2D eigenvalue weighted by molar-refractivity contribution is 7.81. The van der Waals surface area contributed by atoms with Crippen LogP contribution < -0.4 is 5.32 Å². The number of carbonyl (C=O) groups excluding carboxylic acids is 2. The summed E-state index contributed by atoms with van der Waals surface area (Å²) in [5.41, 5.74) is -3.14. The van der Waals surface area contributed by atoms with Crippen LogP contribution in [0.3, 0.4) is 0 Å². The Balaban J connectivity index is 5.97. The lowest BCUT2D eigenvalue weighted by molar-refractivity contribution is -0.887. The number of aliphatic hydroxyl groups excluding tert-OH is 1. The monoisotopic (exact) mass is 689 g/mol. The van der Waals surface area contributed by atoms with Crippen molar-refractivity contribution in [2.75, 3.05) is 52.7 Å². The molecule has 272 valence electrons. The Morgan fingerprint density at radius 3 is 1.93 bits per heavy atom. The zero-order valence-electron chi connectivity index (χ0n) is 32.2. The zero-order chi connectivity index (χ0) is 36.4. The Labute approximate surface area is 294 Å². The summed E-state index contributed by atoms with van der Waals surface area (Å²) >= 11 is 8.85. The molecule has 3 atom stereocenters. The second kappa shape index (κ2) is 17.7. The van der Waals surface area contributed by atoms with E-state index in [9.17, 15) is 14.7 Å². The molecule has 0 rings (SSSR count). The van der Waals surface area contributed by atoms with E-state index in [-0.39, 0.29) is 29.7 Å². The maximum Gasteiger partial charge on any atom is 0.313 e. The third-order valence-electron chi connectivity index (χ3n) is 10.9. The van der Waals surface area contributed by atoms with Gasteiger partial charge in [0.15, 0.2) is 0 Å². The number of nitrogens with one attached hydrogen (secondary N) is 1. The van der Waals surface area contributed by atoms with E-state index in [2.05, 4.69) is 113 Å². The molecule has 0 bridgehead atoms. The molecule has 3 unspecified atom stereocenters. The number of rotatable bonds is 21. The van der Waals surface area contributed by atoms with E-state index in [1.54, 1.807) is 0 Å². The van der Waals surface area contributed by atoms with Crippen LogP contribution in [0.4, 0.5) is 0 Å². The fourth-order valence-electron chi connectivity index (χ4n) is 6.87. The van der Waals surface area contributed by atoms with Crippen LogP contribution in [0.25, 0.3) is 0 Å². The number of esters is 1. The highest BCUT2D eigenvalue weighted by Crippen LogP contribution is 2.64. The molecule has 0 spiro atoms. The van der Waals surface area contributed by atoms with Crippen LogP contribution in [-0.2, 0) is 19.1 Å². The van der Waals surface area contributed by atoms with E-state index in [1.165, 1.54) is 0 Å². The molecule has 9 heteroatoms. The number of nitrogens with zero attached hydrogens (tertiary/aromatic N) is 1. The molecule has 0 saturated heterocycles. The topological polar surface area (TPSA) is 84.9 Å². The predicted octanol–water partition coefficient (Wildman–Crippen LogP) is 8.29. The molecule has 0 aliphatic carbocycles. The molecule has 0 aromatic rings. The average Bonchev–Trinajstić information content (AvgIpc) is 2.85. The normalized spacial score (nSPS) is 16.7. The molecule has 0 fully saturated rings. The van der Waals surface area contributed by atoms with E-state index < -0.39 is 27.3 Å². The number of quaternary nitrogens is 1. The molecule has 0 aliphatic heterocycles. The van der Waals surface area contributed by atoms with Gasteiger partial charge < -0.3 is 24.4 Å². The first-order valence-electron chi connectivity index (χ1n) is 17.2. The number of aliphatic hydroxyl groups is 1. The van der Waals surface area contributed by atoms with Crippen molar-refractivity contribution in [3.8, 4) is 0 Å². The van der Waals surface area contributed by atoms with Crippen LogP contribution >= 0.6 is 25.3 Å². The largest absolute Gasteiger partial charge is 0.507 e. The van der Waals surface area contributed by atoms with Crippen molar-refractivity contribution in [2.45, 2.75) is 132 Å². The Morgan fingerprint density at radius 2 is 1.46 bits per heavy atom. The molecule has 0 aromatic heterocycles. The highest BCUT2D eigenvalue weighted by Gasteiger charge is 2.65. The predicted molar refractivity (Wildman–Crippen MR) is 201 cm³/mol. The first-order chi connectivity index (χ1) is 20.6. The van der Waals surface area contributed by atoms with Crippen LogP contribution in [0, 0.1) is 27.1 Å². The Hall–Kier alpha value is -0.900. The minimum absolute atomic E-state index is 0.0405. The number of unbranched alkanes of at least 4 members (excludes halogenated alkanes) is 1. The quantitative estimate of drug-likeness (QED) is 0.0321. The summed E-state index contributed by atoms with van der Waals surface area (Å²) in [5.74, 6) is 0.746. The van der Waals surface area contributed by atoms with Gasteiger partial charge in [0.05, 0.1) is 31.7 Å². The highest BCUT2D eigenvalue weighted by atomic mass is 32.1. The maximum atomic E-state index is 14.2. The van der Waals surface area contributed by atoms with Crippen molar-refractivity contribution in [1.29, 1.82) is 0 Å². The second-order valence-electron chi connectivity index (χ2n) is 17.7. The van der Waals surface area contributed by atoms with Gasteiger partial charge in [0, 0.05) is 18.2 Å². The maximum absolute atomic E-state index is 14.2. The van der Waals surface area contributed by atoms with Gasteiger partial charge in [0.2, 0.25) is 5.91 Å². The summed E-state index contributed by atoms with van der Waals surface area (Å²) < 4.78 is 13.4. The Kier molecular flexibility index (Phi) is 17.3. The number of hydrogen-bond acceptors (Lipinski definition) is 7. The van der Waals surface area contributed by atoms with Crippen LogP contribution in [0.15, 0.2) is 12.3 Å². The fraction of sp³-hybridized carbons (Fsp3) is 0.892. The molecule has 0 saturated carbocycles. The lowest BCUT2D eigenvalue weighted by Gasteiger charge is -2.62. The standard InChI is InChI=1S/C37H72N2O5S2/c1-28(40)26-39(14,15)22-24-43-31(42)37(13,33(5,6)7)35(10,11)34(8,9)36(12,27-32(2,3)4)44-23-21-38-30(41)19-17-16-18-29(46)20-25-45/h29H,1,16-27H2,2-15H3,(H3-,38,40,41,45,46)/p+1. The van der Waals surface area contributed by atoms with Crippen molar-refractivity contribution in [3.05, 3.63) is 12.3 Å². The van der Waals surface area contributed by atoms with Gasteiger partial charge in [-0.3, -0.25) is 9.59 Å². The number of hydrogen-bond donors (Lipinski definition) is 4. The van der Waals surface area contributed by atoms with Gasteiger partial charge in [0.25, 0.3) is 0 Å². The SMILES string of the molecule is C=C(O)C[N+](C)(C)CCOC(=O)C(C)(C(C)(C)C)C(C)(C)C(C)(C)C(C)(CC(C)(C)C)OCCNC(=O)CCCCC(S)CCS. The van der Waals surface area contributed by atoms with E-state index in [4.69, 9.17) is 9.47 Å². The molecule has 7 nitrogen and oxygen atoms in total. The van der Waals surface area contributed by atoms with Gasteiger partial charge in [-0.2, -0.15) is 25.3 Å². The van der Waals surface area contributed by atoms with Crippen molar-refractivity contribution >= 4 is 37.1 Å². The average molecular weight is 690 g/mol. The minimum Gasteiger partial charge on any atom is -0.507 e. The minimum atomic E-state index is -0.892. The van der Waals surface area contributed by atoms with Gasteiger partial charge in [-0.15, -0.1) is 0 Å². The van der Waals surface area contributed by atoms with Gasteiger partial charge in [0.1, 0.15) is 25.5 Å². The smallest absolute Gasteiger partial charge is 0.313 e. The molecular formula is C37H73N2O5S2+. The number of carbonyl (C=O) groups is 2. The van der Waals surface area contributed by atoms with E-state index >= 15 is 0 Å². The molecule has 2 N–H and O–H groups in total. The molecule has 0 heterocycles. The third kappa shape index (κ3) is 12.9. The number of amides is 1. The van der Waals surface area contributed by atoms with Crippen molar-refractivity contribution in [2.24, 2.45) is 27.1 Å². The molecular weight excluding hydrogens is 617 g/mol. The van der Waals surface area contributed by atoms with Gasteiger partial charge in [-0.05, 0) is 66.9 Å². The Morgan fingerprint density at radius 1 is 0.891 bits per heavy atom. The number of thiol groups is 2. The lowest BCUT2D eigenvalue weighted by atomic mass is 9.43. The van der Waals surface area contributed by atoms with E-state index in [0.29, 0.717) is 42.4 Å². The van der Waals surface area contributed by atoms with E-state index in [1.807, 2.05) is 21.0 Å². The van der Waals surface area contributed by atoms with Crippen molar-refractivity contribution in [3.63, 3.8) is 0 Å². The Bertz CT molecular complexity index is 983. The number of likely N-dealkylation sites (N-methyl/N-ethyl adjacent to an activating group) is 1. The molecule has 0 aliphatic rings. The first kappa shape index (κ1) is 45.1. The zero-order valence-corrected chi connectivity index (χ0v) is 34.0. The lowest BCUT2D eigenvalue weighted by Crippen LogP contribution is -2.64. The van der Waals surface area contributed by atoms with Crippen molar-refractivity contribution < 1.29 is 28.7 Å².